The summed E-state index contributed by atoms with van der Waals surface area (Å²) < 4.78 is 11.3. The molecule has 1 N–H and O–H groups in total. The molecular weight excluding hydrogens is 268 g/mol. The molecular formula is C17H22O4. The average molecular weight is 290 g/mol. The van der Waals surface area contributed by atoms with Gasteiger partial charge in [-0.2, -0.15) is 0 Å². The minimum absolute atomic E-state index is 0.156. The molecule has 0 heterocycles. The molecule has 0 amide bonds. The minimum atomic E-state index is -0.954. The van der Waals surface area contributed by atoms with Gasteiger partial charge in [0.2, 0.25) is 0 Å². The number of hydrogen-bond acceptors (Lipinski definition) is 3. The first kappa shape index (κ1) is 14.2. The molecule has 0 aromatic heterocycles. The minimum Gasteiger partial charge on any atom is -0.497 e. The van der Waals surface area contributed by atoms with Crippen LogP contribution in [0, 0.1) is 5.41 Å². The number of hydrogen-bond donors (Lipinski definition) is 1. The van der Waals surface area contributed by atoms with E-state index in [1.54, 1.807) is 25.3 Å². The molecule has 2 fully saturated rings. The first-order chi connectivity index (χ1) is 10.1. The summed E-state index contributed by atoms with van der Waals surface area (Å²) in [6.07, 6.45) is 8.67. The summed E-state index contributed by atoms with van der Waals surface area (Å²) in [5.41, 5.74) is 0.505. The van der Waals surface area contributed by atoms with Gasteiger partial charge in [-0.15, -0.1) is 0 Å². The van der Waals surface area contributed by atoms with E-state index in [1.165, 1.54) is 38.5 Å². The number of benzene rings is 1. The fourth-order valence-corrected chi connectivity index (χ4v) is 3.74. The smallest absolute Gasteiger partial charge is 0.339 e. The summed E-state index contributed by atoms with van der Waals surface area (Å²) in [6.45, 7) is 0. The van der Waals surface area contributed by atoms with Gasteiger partial charge in [-0.25, -0.2) is 4.79 Å². The van der Waals surface area contributed by atoms with Gasteiger partial charge < -0.3 is 14.6 Å². The van der Waals surface area contributed by atoms with E-state index in [9.17, 15) is 9.90 Å². The highest BCUT2D eigenvalue weighted by atomic mass is 16.5. The highest BCUT2D eigenvalue weighted by Crippen LogP contribution is 2.53. The highest BCUT2D eigenvalue weighted by molar-refractivity contribution is 5.91. The number of carboxylic acid groups (broad SMARTS) is 1. The summed E-state index contributed by atoms with van der Waals surface area (Å²) >= 11 is 0. The summed E-state index contributed by atoms with van der Waals surface area (Å²) in [5.74, 6) is 0.119. The molecule has 2 saturated carbocycles. The molecule has 0 aliphatic heterocycles. The molecule has 4 nitrogen and oxygen atoms in total. The predicted molar refractivity (Wildman–Crippen MR) is 79.1 cm³/mol. The number of rotatable bonds is 4. The molecule has 1 aromatic rings. The SMILES string of the molecule is COc1ccc(C(=O)O)c(OC2CCC23CCCCC3)c1. The molecule has 114 valence electrons. The number of ether oxygens (including phenoxy) is 2. The van der Waals surface area contributed by atoms with E-state index in [0.29, 0.717) is 11.5 Å². The Bertz CT molecular complexity index is 532. The molecule has 1 aromatic carbocycles. The van der Waals surface area contributed by atoms with Crippen molar-refractivity contribution in [3.8, 4) is 11.5 Å². The Kier molecular flexibility index (Phi) is 3.79. The van der Waals surface area contributed by atoms with Crippen LogP contribution in [0.1, 0.15) is 55.3 Å². The second kappa shape index (κ2) is 5.58. The molecule has 0 saturated heterocycles. The highest BCUT2D eigenvalue weighted by Gasteiger charge is 2.48. The molecule has 0 radical (unpaired) electrons. The van der Waals surface area contributed by atoms with E-state index in [1.807, 2.05) is 0 Å². The second-order valence-electron chi connectivity index (χ2n) is 6.24. The van der Waals surface area contributed by atoms with Gasteiger partial charge >= 0.3 is 5.97 Å². The Hall–Kier alpha value is -1.71. The van der Waals surface area contributed by atoms with Crippen LogP contribution in [0.2, 0.25) is 0 Å². The van der Waals surface area contributed by atoms with Gasteiger partial charge in [-0.1, -0.05) is 19.3 Å². The van der Waals surface area contributed by atoms with Crippen molar-refractivity contribution in [2.24, 2.45) is 5.41 Å². The quantitative estimate of drug-likeness (QED) is 0.914. The molecule has 2 aliphatic carbocycles. The van der Waals surface area contributed by atoms with E-state index in [4.69, 9.17) is 9.47 Å². The fourth-order valence-electron chi connectivity index (χ4n) is 3.74. The maximum Gasteiger partial charge on any atom is 0.339 e. The van der Waals surface area contributed by atoms with E-state index in [2.05, 4.69) is 0 Å². The Labute approximate surface area is 125 Å². The molecule has 21 heavy (non-hydrogen) atoms. The van der Waals surface area contributed by atoms with Crippen molar-refractivity contribution in [2.75, 3.05) is 7.11 Å². The molecule has 1 atom stereocenters. The van der Waals surface area contributed by atoms with E-state index < -0.39 is 5.97 Å². The first-order valence-electron chi connectivity index (χ1n) is 7.73. The van der Waals surface area contributed by atoms with Crippen molar-refractivity contribution in [1.29, 1.82) is 0 Å². The second-order valence-corrected chi connectivity index (χ2v) is 6.24. The lowest BCUT2D eigenvalue weighted by molar-refractivity contribution is -0.0707. The number of aromatic carboxylic acids is 1. The summed E-state index contributed by atoms with van der Waals surface area (Å²) in [7, 11) is 1.57. The molecule has 0 bridgehead atoms. The van der Waals surface area contributed by atoms with Gasteiger partial charge in [0.25, 0.3) is 0 Å². The predicted octanol–water partition coefficient (Wildman–Crippen LogP) is 3.89. The van der Waals surface area contributed by atoms with Gasteiger partial charge in [0.1, 0.15) is 23.2 Å². The third-order valence-corrected chi connectivity index (χ3v) is 5.13. The van der Waals surface area contributed by atoms with Crippen LogP contribution in [0.5, 0.6) is 11.5 Å². The lowest BCUT2D eigenvalue weighted by Crippen LogP contribution is -2.49. The summed E-state index contributed by atoms with van der Waals surface area (Å²) in [5, 5.41) is 9.31. The van der Waals surface area contributed by atoms with Gasteiger partial charge in [-0.3, -0.25) is 0 Å². The van der Waals surface area contributed by atoms with Crippen molar-refractivity contribution in [2.45, 2.75) is 51.0 Å². The molecule has 3 rings (SSSR count). The zero-order chi connectivity index (χ0) is 14.9. The normalized spacial score (nSPS) is 23.4. The monoisotopic (exact) mass is 290 g/mol. The third kappa shape index (κ3) is 2.59. The molecule has 4 heteroatoms. The zero-order valence-corrected chi connectivity index (χ0v) is 12.4. The summed E-state index contributed by atoms with van der Waals surface area (Å²) in [4.78, 5) is 11.4. The van der Waals surface area contributed by atoms with Crippen LogP contribution in [0.25, 0.3) is 0 Å². The Balaban J connectivity index is 1.82. The number of carboxylic acids is 1. The van der Waals surface area contributed by atoms with Crippen LogP contribution in [-0.2, 0) is 0 Å². The zero-order valence-electron chi connectivity index (χ0n) is 12.4. The molecule has 1 unspecified atom stereocenters. The fraction of sp³-hybridized carbons (Fsp3) is 0.588. The van der Waals surface area contributed by atoms with Crippen molar-refractivity contribution in [1.82, 2.24) is 0 Å². The van der Waals surface area contributed by atoms with Crippen LogP contribution in [0.3, 0.4) is 0 Å². The van der Waals surface area contributed by atoms with Crippen LogP contribution >= 0.6 is 0 Å². The van der Waals surface area contributed by atoms with Crippen molar-refractivity contribution >= 4 is 5.97 Å². The van der Waals surface area contributed by atoms with Crippen molar-refractivity contribution in [3.63, 3.8) is 0 Å². The molecule has 2 aliphatic rings. The van der Waals surface area contributed by atoms with Crippen LogP contribution in [0.15, 0.2) is 18.2 Å². The summed E-state index contributed by atoms with van der Waals surface area (Å²) in [6, 6.07) is 4.91. The first-order valence-corrected chi connectivity index (χ1v) is 7.73. The van der Waals surface area contributed by atoms with Crippen LogP contribution < -0.4 is 9.47 Å². The molecule has 1 spiro atoms. The van der Waals surface area contributed by atoms with E-state index in [-0.39, 0.29) is 17.1 Å². The third-order valence-electron chi connectivity index (χ3n) is 5.13. The Morgan fingerprint density at radius 3 is 2.57 bits per heavy atom. The van der Waals surface area contributed by atoms with Crippen molar-refractivity contribution < 1.29 is 19.4 Å². The van der Waals surface area contributed by atoms with Gasteiger partial charge in [0, 0.05) is 11.5 Å². The average Bonchev–Trinajstić information content (AvgIpc) is 2.52. The maximum absolute atomic E-state index is 11.4. The standard InChI is InChI=1S/C17H22O4/c1-20-12-5-6-13(16(18)19)14(11-12)21-15-7-10-17(15)8-3-2-4-9-17/h5-6,11,15H,2-4,7-10H2,1H3,(H,18,19). The van der Waals surface area contributed by atoms with Crippen LogP contribution in [0.4, 0.5) is 0 Å². The van der Waals surface area contributed by atoms with Gasteiger partial charge in [0.15, 0.2) is 0 Å². The Morgan fingerprint density at radius 2 is 2.00 bits per heavy atom. The lowest BCUT2D eigenvalue weighted by atomic mass is 9.58. The van der Waals surface area contributed by atoms with E-state index in [0.717, 1.165) is 6.42 Å². The van der Waals surface area contributed by atoms with E-state index >= 15 is 0 Å². The Morgan fingerprint density at radius 1 is 1.24 bits per heavy atom. The van der Waals surface area contributed by atoms with Crippen LogP contribution in [-0.4, -0.2) is 24.3 Å². The topological polar surface area (TPSA) is 55.8 Å². The number of methoxy groups -OCH3 is 1. The largest absolute Gasteiger partial charge is 0.497 e. The number of carbonyl (C=O) groups is 1. The van der Waals surface area contributed by atoms with Gasteiger partial charge in [-0.05, 0) is 37.8 Å². The van der Waals surface area contributed by atoms with Crippen molar-refractivity contribution in [3.05, 3.63) is 23.8 Å². The maximum atomic E-state index is 11.4. The lowest BCUT2D eigenvalue weighted by Gasteiger charge is -2.51. The van der Waals surface area contributed by atoms with Gasteiger partial charge in [0.05, 0.1) is 7.11 Å².